The number of phosphoric ester groups is 1. The number of nitrogens with one attached hydrogen (secondary N) is 1. The number of carbonyl (C=O) groups excluding carboxylic acids is 1. The summed E-state index contributed by atoms with van der Waals surface area (Å²) in [5.74, 6) is -0.193. The Bertz CT molecular complexity index is 942. The maximum absolute atomic E-state index is 12.9. The van der Waals surface area contributed by atoms with Gasteiger partial charge < -0.3 is 28.8 Å². The van der Waals surface area contributed by atoms with Gasteiger partial charge in [-0.2, -0.15) is 0 Å². The molecule has 0 fully saturated rings. The lowest BCUT2D eigenvalue weighted by Gasteiger charge is -2.29. The minimum Gasteiger partial charge on any atom is -0.756 e. The molecule has 0 bridgehead atoms. The van der Waals surface area contributed by atoms with Gasteiger partial charge in [0.2, 0.25) is 5.91 Å². The van der Waals surface area contributed by atoms with Gasteiger partial charge in [-0.05, 0) is 19.3 Å². The summed E-state index contributed by atoms with van der Waals surface area (Å²) in [5.41, 5.74) is 0. The Morgan fingerprint density at radius 3 is 1.32 bits per heavy atom. The van der Waals surface area contributed by atoms with Gasteiger partial charge in [0.15, 0.2) is 0 Å². The van der Waals surface area contributed by atoms with E-state index in [9.17, 15) is 19.4 Å². The lowest BCUT2D eigenvalue weighted by molar-refractivity contribution is -0.870. The normalized spacial score (nSPS) is 14.3. The van der Waals surface area contributed by atoms with E-state index < -0.39 is 20.0 Å². The Balaban J connectivity index is 4.31. The number of quaternary nitrogens is 1. The zero-order valence-corrected chi connectivity index (χ0v) is 39.5. The van der Waals surface area contributed by atoms with Crippen LogP contribution in [0.15, 0.2) is 12.2 Å². The molecule has 0 spiro atoms. The molecule has 0 aromatic rings. The average molecular weight is 829 g/mol. The summed E-state index contributed by atoms with van der Waals surface area (Å²) in [4.78, 5) is 25.4. The Kier molecular flexibility index (Phi) is 40.1. The molecule has 0 rings (SSSR count). The molecule has 2 N–H and O–H groups in total. The van der Waals surface area contributed by atoms with E-state index in [-0.39, 0.29) is 19.1 Å². The molecule has 1 unspecified atom stereocenters. The fraction of sp³-hybridized carbons (Fsp3) is 0.938. The molecule has 1 amide bonds. The van der Waals surface area contributed by atoms with Crippen LogP contribution in [0.25, 0.3) is 0 Å². The maximum Gasteiger partial charge on any atom is 0.268 e. The van der Waals surface area contributed by atoms with E-state index in [1.807, 2.05) is 27.2 Å². The van der Waals surface area contributed by atoms with Gasteiger partial charge in [0.1, 0.15) is 13.2 Å². The minimum absolute atomic E-state index is 0.00234. The first-order chi connectivity index (χ1) is 27.5. The van der Waals surface area contributed by atoms with Crippen LogP contribution in [0.5, 0.6) is 0 Å². The second kappa shape index (κ2) is 40.6. The molecule has 0 aliphatic rings. The van der Waals surface area contributed by atoms with Crippen LogP contribution in [-0.4, -0.2) is 68.5 Å². The van der Waals surface area contributed by atoms with Crippen molar-refractivity contribution in [3.63, 3.8) is 0 Å². The van der Waals surface area contributed by atoms with E-state index in [4.69, 9.17) is 9.05 Å². The zero-order valence-electron chi connectivity index (χ0n) is 38.6. The molecule has 0 aromatic carbocycles. The summed E-state index contributed by atoms with van der Waals surface area (Å²) in [6.07, 6.45) is 46.8. The number of phosphoric acid groups is 1. The van der Waals surface area contributed by atoms with Crippen LogP contribution in [0.2, 0.25) is 0 Å². The first-order valence-corrected chi connectivity index (χ1v) is 26.0. The van der Waals surface area contributed by atoms with Gasteiger partial charge in [0.25, 0.3) is 7.82 Å². The lowest BCUT2D eigenvalue weighted by Crippen LogP contribution is -2.45. The topological polar surface area (TPSA) is 108 Å². The van der Waals surface area contributed by atoms with Crippen LogP contribution in [-0.2, 0) is 18.4 Å². The monoisotopic (exact) mass is 829 g/mol. The molecule has 0 radical (unpaired) electrons. The van der Waals surface area contributed by atoms with Crippen molar-refractivity contribution in [2.75, 3.05) is 40.9 Å². The SMILES string of the molecule is CCCCCCCCCCCCCCCC/C=C/[C@@H](O)[C@H](COP(=O)([O-])OCC[N+](C)(C)C)NC(=O)CCCCCCCCCCCCCCCCCCCCC. The first kappa shape index (κ1) is 56.2. The van der Waals surface area contributed by atoms with Crippen molar-refractivity contribution in [2.24, 2.45) is 0 Å². The molecule has 340 valence electrons. The van der Waals surface area contributed by atoms with Gasteiger partial charge >= 0.3 is 0 Å². The third kappa shape index (κ3) is 43.1. The molecule has 0 aliphatic heterocycles. The number of carbonyl (C=O) groups is 1. The van der Waals surface area contributed by atoms with Crippen molar-refractivity contribution in [3.05, 3.63) is 12.2 Å². The fourth-order valence-corrected chi connectivity index (χ4v) is 8.05. The van der Waals surface area contributed by atoms with Crippen LogP contribution in [0.1, 0.15) is 239 Å². The van der Waals surface area contributed by atoms with Gasteiger partial charge in [-0.3, -0.25) is 9.36 Å². The van der Waals surface area contributed by atoms with E-state index in [2.05, 4.69) is 19.2 Å². The van der Waals surface area contributed by atoms with Crippen LogP contribution < -0.4 is 10.2 Å². The number of unbranched alkanes of at least 4 members (excludes halogenated alkanes) is 32. The Morgan fingerprint density at radius 1 is 0.596 bits per heavy atom. The van der Waals surface area contributed by atoms with E-state index in [0.29, 0.717) is 17.4 Å². The number of allylic oxidation sites excluding steroid dienone is 1. The fourth-order valence-electron chi connectivity index (χ4n) is 7.33. The van der Waals surface area contributed by atoms with Gasteiger partial charge in [0, 0.05) is 6.42 Å². The van der Waals surface area contributed by atoms with E-state index in [0.717, 1.165) is 38.5 Å². The van der Waals surface area contributed by atoms with Gasteiger partial charge in [-0.1, -0.05) is 225 Å². The highest BCUT2D eigenvalue weighted by Crippen LogP contribution is 2.38. The molecule has 3 atom stereocenters. The number of nitrogens with zero attached hydrogens (tertiary/aromatic N) is 1. The standard InChI is InChI=1S/C48H97N2O6P/c1-6-8-10-12-14-16-18-20-22-24-25-26-28-30-32-34-36-38-40-42-48(52)49-46(45-56-57(53,54)55-44-43-50(3,4)5)47(51)41-39-37-35-33-31-29-27-23-21-19-17-15-13-11-9-7-2/h39,41,46-47,51H,6-38,40,42-45H2,1-5H3,(H-,49,52,53,54)/b41-39+/t46-,47+/m0/s1. The smallest absolute Gasteiger partial charge is 0.268 e. The third-order valence-electron chi connectivity index (χ3n) is 11.2. The largest absolute Gasteiger partial charge is 0.756 e. The second-order valence-electron chi connectivity index (χ2n) is 18.2. The number of hydrogen-bond donors (Lipinski definition) is 2. The van der Waals surface area contributed by atoms with Crippen molar-refractivity contribution in [1.29, 1.82) is 0 Å². The molecule has 57 heavy (non-hydrogen) atoms. The summed E-state index contributed by atoms with van der Waals surface area (Å²) in [7, 11) is 1.27. The predicted octanol–water partition coefficient (Wildman–Crippen LogP) is 13.3. The number of rotatable bonds is 45. The number of amides is 1. The predicted molar refractivity (Wildman–Crippen MR) is 242 cm³/mol. The number of hydrogen-bond acceptors (Lipinski definition) is 6. The van der Waals surface area contributed by atoms with Crippen LogP contribution in [0, 0.1) is 0 Å². The summed E-state index contributed by atoms with van der Waals surface area (Å²) >= 11 is 0. The van der Waals surface area contributed by atoms with Crippen LogP contribution in [0.4, 0.5) is 0 Å². The van der Waals surface area contributed by atoms with Gasteiger partial charge in [-0.25, -0.2) is 0 Å². The third-order valence-corrected chi connectivity index (χ3v) is 12.2. The van der Waals surface area contributed by atoms with Gasteiger partial charge in [-0.15, -0.1) is 0 Å². The van der Waals surface area contributed by atoms with E-state index in [1.165, 1.54) is 180 Å². The molecular formula is C48H97N2O6P. The molecule has 8 nitrogen and oxygen atoms in total. The number of likely N-dealkylation sites (N-methyl/N-ethyl adjacent to an activating group) is 1. The molecule has 0 saturated heterocycles. The van der Waals surface area contributed by atoms with Crippen LogP contribution >= 0.6 is 7.82 Å². The zero-order chi connectivity index (χ0) is 42.1. The van der Waals surface area contributed by atoms with Crippen molar-refractivity contribution in [3.8, 4) is 0 Å². The van der Waals surface area contributed by atoms with Gasteiger partial charge in [0.05, 0.1) is 39.9 Å². The highest BCUT2D eigenvalue weighted by Gasteiger charge is 2.23. The van der Waals surface area contributed by atoms with E-state index >= 15 is 0 Å². The van der Waals surface area contributed by atoms with Crippen molar-refractivity contribution >= 4 is 13.7 Å². The van der Waals surface area contributed by atoms with Crippen molar-refractivity contribution < 1.29 is 32.9 Å². The highest BCUT2D eigenvalue weighted by molar-refractivity contribution is 7.45. The van der Waals surface area contributed by atoms with Crippen molar-refractivity contribution in [1.82, 2.24) is 5.32 Å². The Morgan fingerprint density at radius 2 is 0.947 bits per heavy atom. The summed E-state index contributed by atoms with van der Waals surface area (Å²) < 4.78 is 23.3. The van der Waals surface area contributed by atoms with E-state index in [1.54, 1.807) is 6.08 Å². The molecule has 9 heteroatoms. The first-order valence-electron chi connectivity index (χ1n) is 24.6. The number of aliphatic hydroxyl groups excluding tert-OH is 1. The summed E-state index contributed by atoms with van der Waals surface area (Å²) in [5, 5.41) is 13.8. The molecular weight excluding hydrogens is 732 g/mol. The second-order valence-corrected chi connectivity index (χ2v) is 19.6. The molecule has 0 saturated carbocycles. The quantitative estimate of drug-likeness (QED) is 0.0274. The maximum atomic E-state index is 12.9. The molecule has 0 aliphatic carbocycles. The number of aliphatic hydroxyl groups is 1. The summed E-state index contributed by atoms with van der Waals surface area (Å²) in [6.45, 7) is 4.68. The molecule has 0 heterocycles. The lowest BCUT2D eigenvalue weighted by atomic mass is 10.0. The Hall–Kier alpha value is -0.760. The summed E-state index contributed by atoms with van der Waals surface area (Å²) in [6, 6.07) is -0.880. The molecule has 0 aromatic heterocycles. The average Bonchev–Trinajstić information content (AvgIpc) is 3.16. The highest BCUT2D eigenvalue weighted by atomic mass is 31.2. The minimum atomic E-state index is -4.58. The van der Waals surface area contributed by atoms with Crippen molar-refractivity contribution in [2.45, 2.75) is 251 Å². The Labute approximate surface area is 354 Å². The van der Waals surface area contributed by atoms with Crippen LogP contribution in [0.3, 0.4) is 0 Å².